The van der Waals surface area contributed by atoms with E-state index < -0.39 is 0 Å². The molecule has 0 radical (unpaired) electrons. The normalized spacial score (nSPS) is 38.5. The van der Waals surface area contributed by atoms with Crippen LogP contribution >= 0.6 is 0 Å². The summed E-state index contributed by atoms with van der Waals surface area (Å²) in [6.45, 7) is 4.17. The van der Waals surface area contributed by atoms with Gasteiger partial charge < -0.3 is 10.6 Å². The van der Waals surface area contributed by atoms with Gasteiger partial charge in [0.1, 0.15) is 0 Å². The third-order valence-electron chi connectivity index (χ3n) is 12.1. The van der Waals surface area contributed by atoms with E-state index in [1.54, 1.807) is 0 Å². The Balaban J connectivity index is 1.13. The van der Waals surface area contributed by atoms with E-state index in [9.17, 15) is 9.59 Å². The minimum Gasteiger partial charge on any atom is -0.347 e. The van der Waals surface area contributed by atoms with E-state index in [0.29, 0.717) is 11.1 Å². The Morgan fingerprint density at radius 2 is 0.850 bits per heavy atom. The fourth-order valence-electron chi connectivity index (χ4n) is 11.5. The lowest BCUT2D eigenvalue weighted by Crippen LogP contribution is -2.60. The molecule has 0 unspecified atom stereocenters. The third-order valence-corrected chi connectivity index (χ3v) is 12.1. The van der Waals surface area contributed by atoms with Crippen LogP contribution in [-0.2, 0) is 0 Å². The summed E-state index contributed by atoms with van der Waals surface area (Å²) in [4.78, 5) is 28.3. The highest BCUT2D eigenvalue weighted by Crippen LogP contribution is 2.57. The van der Waals surface area contributed by atoms with Crippen LogP contribution in [0.5, 0.6) is 0 Å². The molecule has 0 heterocycles. The summed E-state index contributed by atoms with van der Waals surface area (Å²) in [7, 11) is 0. The summed E-state index contributed by atoms with van der Waals surface area (Å²) in [5.41, 5.74) is 5.31. The minimum atomic E-state index is -0.0444. The van der Waals surface area contributed by atoms with E-state index in [4.69, 9.17) is 0 Å². The predicted octanol–water partition coefficient (Wildman–Crippen LogP) is 7.37. The van der Waals surface area contributed by atoms with Gasteiger partial charge in [0, 0.05) is 22.2 Å². The van der Waals surface area contributed by atoms with Gasteiger partial charge in [-0.3, -0.25) is 9.59 Å². The zero-order valence-corrected chi connectivity index (χ0v) is 24.2. The minimum absolute atomic E-state index is 0.0383. The largest absolute Gasteiger partial charge is 0.347 e. The molecule has 0 aliphatic heterocycles. The van der Waals surface area contributed by atoms with Crippen molar-refractivity contribution in [1.82, 2.24) is 10.6 Å². The lowest BCUT2D eigenvalue weighted by molar-refractivity contribution is -0.0171. The highest BCUT2D eigenvalue weighted by molar-refractivity contribution is 6.08. The van der Waals surface area contributed by atoms with E-state index >= 15 is 0 Å². The molecule has 0 saturated heterocycles. The van der Waals surface area contributed by atoms with Crippen LogP contribution in [0.15, 0.2) is 36.4 Å². The molecular weight excluding hydrogens is 492 g/mol. The molecule has 8 saturated carbocycles. The van der Waals surface area contributed by atoms with Crippen LogP contribution in [0.2, 0.25) is 0 Å². The zero-order valence-electron chi connectivity index (χ0n) is 24.2. The molecule has 40 heavy (non-hydrogen) atoms. The van der Waals surface area contributed by atoms with E-state index in [0.717, 1.165) is 96.3 Å². The molecule has 10 rings (SSSR count). The van der Waals surface area contributed by atoms with Crippen LogP contribution in [-0.4, -0.2) is 22.9 Å². The lowest BCUT2D eigenvalue weighted by atomic mass is 9.53. The number of amides is 2. The van der Waals surface area contributed by atoms with Gasteiger partial charge in [-0.2, -0.15) is 0 Å². The Bertz CT molecular complexity index is 1210. The maximum absolute atomic E-state index is 14.2. The van der Waals surface area contributed by atoms with Crippen LogP contribution in [0.1, 0.15) is 109 Å². The Morgan fingerprint density at radius 3 is 1.15 bits per heavy atom. The molecule has 2 aromatic rings. The van der Waals surface area contributed by atoms with Crippen molar-refractivity contribution < 1.29 is 9.59 Å². The molecule has 4 nitrogen and oxygen atoms in total. The van der Waals surface area contributed by atoms with Crippen LogP contribution in [0.25, 0.3) is 11.1 Å². The standard InChI is InChI=1S/C36H44N2O2/c1-21-5-3-7-29(33(39)37-35-15-23-9-24(16-35)11-25(10-23)17-35)31(21)32-22(2)6-4-8-30(32)34(40)38-36-18-26-12-27(19-36)14-28(13-26)20-36/h3-8,23-28H,9-20H2,1-2H3,(H,37,39)(H,38,40). The van der Waals surface area contributed by atoms with Gasteiger partial charge in [-0.1, -0.05) is 24.3 Å². The second kappa shape index (κ2) is 8.94. The van der Waals surface area contributed by atoms with E-state index in [1.807, 2.05) is 24.3 Å². The molecule has 0 atom stereocenters. The molecule has 8 aliphatic rings. The molecule has 8 bridgehead atoms. The number of aryl methyl sites for hydroxylation is 2. The molecule has 0 spiro atoms. The van der Waals surface area contributed by atoms with Crippen LogP contribution in [0, 0.1) is 49.4 Å². The van der Waals surface area contributed by atoms with Gasteiger partial charge in [0.25, 0.3) is 11.8 Å². The topological polar surface area (TPSA) is 58.2 Å². The second-order valence-electron chi connectivity index (χ2n) is 15.3. The molecule has 8 aliphatic carbocycles. The molecule has 8 fully saturated rings. The highest BCUT2D eigenvalue weighted by Gasteiger charge is 2.53. The van der Waals surface area contributed by atoms with Crippen molar-refractivity contribution in [2.75, 3.05) is 0 Å². The fourth-order valence-corrected chi connectivity index (χ4v) is 11.5. The average Bonchev–Trinajstić information content (AvgIpc) is 2.86. The summed E-state index contributed by atoms with van der Waals surface area (Å²) in [5.74, 6) is 4.74. The second-order valence-corrected chi connectivity index (χ2v) is 15.3. The summed E-state index contributed by atoms with van der Waals surface area (Å²) in [5, 5.41) is 7.22. The maximum atomic E-state index is 14.2. The fraction of sp³-hybridized carbons (Fsp3) is 0.611. The van der Waals surface area contributed by atoms with Gasteiger partial charge in [0.05, 0.1) is 0 Å². The quantitative estimate of drug-likeness (QED) is 0.419. The van der Waals surface area contributed by atoms with Crippen molar-refractivity contribution >= 4 is 11.8 Å². The monoisotopic (exact) mass is 536 g/mol. The number of benzene rings is 2. The Hall–Kier alpha value is -2.62. The van der Waals surface area contributed by atoms with Crippen molar-refractivity contribution in [3.8, 4) is 11.1 Å². The first-order chi connectivity index (χ1) is 19.3. The van der Waals surface area contributed by atoms with Crippen LogP contribution in [0.3, 0.4) is 0 Å². The molecule has 2 aromatic carbocycles. The first kappa shape index (κ1) is 25.1. The first-order valence-electron chi connectivity index (χ1n) is 16.1. The predicted molar refractivity (Wildman–Crippen MR) is 158 cm³/mol. The van der Waals surface area contributed by atoms with Crippen molar-refractivity contribution in [2.45, 2.75) is 102 Å². The zero-order chi connectivity index (χ0) is 27.2. The van der Waals surface area contributed by atoms with E-state index in [2.05, 4.69) is 36.6 Å². The average molecular weight is 537 g/mol. The van der Waals surface area contributed by atoms with E-state index in [1.165, 1.54) is 38.5 Å². The number of hydrogen-bond acceptors (Lipinski definition) is 2. The molecule has 210 valence electrons. The SMILES string of the molecule is Cc1cccc(C(=O)NC23CC4CC(CC(C4)C2)C3)c1-c1c(C)cccc1C(=O)NC12CC3CC(CC(C3)C1)C2. The summed E-state index contributed by atoms with van der Waals surface area (Å²) >= 11 is 0. The van der Waals surface area contributed by atoms with Crippen molar-refractivity contribution in [3.05, 3.63) is 58.7 Å². The number of rotatable bonds is 5. The first-order valence-corrected chi connectivity index (χ1v) is 16.1. The molecule has 4 heteroatoms. The number of nitrogens with one attached hydrogen (secondary N) is 2. The Kier molecular flexibility index (Phi) is 5.61. The van der Waals surface area contributed by atoms with Gasteiger partial charge >= 0.3 is 0 Å². The van der Waals surface area contributed by atoms with Crippen molar-refractivity contribution in [2.24, 2.45) is 35.5 Å². The van der Waals surface area contributed by atoms with Gasteiger partial charge in [-0.05, 0) is 161 Å². The van der Waals surface area contributed by atoms with Gasteiger partial charge in [-0.15, -0.1) is 0 Å². The molecule has 2 N–H and O–H groups in total. The Labute approximate surface area is 239 Å². The maximum Gasteiger partial charge on any atom is 0.252 e. The molecular formula is C36H44N2O2. The van der Waals surface area contributed by atoms with Crippen molar-refractivity contribution in [3.63, 3.8) is 0 Å². The van der Waals surface area contributed by atoms with E-state index in [-0.39, 0.29) is 22.9 Å². The number of hydrogen-bond donors (Lipinski definition) is 2. The number of carbonyl (C=O) groups excluding carboxylic acids is 2. The number of carbonyl (C=O) groups is 2. The molecule has 2 amide bonds. The van der Waals surface area contributed by atoms with Crippen molar-refractivity contribution in [1.29, 1.82) is 0 Å². The van der Waals surface area contributed by atoms with Gasteiger partial charge in [0.2, 0.25) is 0 Å². The summed E-state index contributed by atoms with van der Waals surface area (Å²) < 4.78 is 0. The van der Waals surface area contributed by atoms with Crippen LogP contribution < -0.4 is 10.6 Å². The summed E-state index contributed by atoms with van der Waals surface area (Å²) in [6.07, 6.45) is 14.9. The highest BCUT2D eigenvalue weighted by atomic mass is 16.2. The molecule has 0 aromatic heterocycles. The Morgan fingerprint density at radius 1 is 0.550 bits per heavy atom. The third kappa shape index (κ3) is 4.07. The summed E-state index contributed by atoms with van der Waals surface area (Å²) in [6, 6.07) is 12.1. The van der Waals surface area contributed by atoms with Crippen LogP contribution in [0.4, 0.5) is 0 Å². The lowest BCUT2D eigenvalue weighted by Gasteiger charge is -2.57. The smallest absolute Gasteiger partial charge is 0.252 e. The van der Waals surface area contributed by atoms with Gasteiger partial charge in [0.15, 0.2) is 0 Å². The van der Waals surface area contributed by atoms with Gasteiger partial charge in [-0.25, -0.2) is 0 Å².